The average Bonchev–Trinajstić information content (AvgIpc) is 3.09. The van der Waals surface area contributed by atoms with Gasteiger partial charge in [-0.25, -0.2) is 0 Å². The molecule has 0 radical (unpaired) electrons. The number of amides is 1. The second-order valence-corrected chi connectivity index (χ2v) is 6.33. The lowest BCUT2D eigenvalue weighted by molar-refractivity contribution is -0.130. The number of unbranched alkanes of at least 4 members (excludes halogenated alkanes) is 4. The monoisotopic (exact) mass is 317 g/mol. The van der Waals surface area contributed by atoms with Crippen molar-refractivity contribution in [1.82, 2.24) is 4.90 Å². The quantitative estimate of drug-likeness (QED) is 0.328. The molecule has 0 aliphatic carbocycles. The first-order chi connectivity index (χ1) is 11.3. The molecule has 1 fully saturated rings. The predicted octanol–water partition coefficient (Wildman–Crippen LogP) is 5.81. The minimum absolute atomic E-state index is 0.378. The average molecular weight is 318 g/mol. The van der Waals surface area contributed by atoms with Crippen molar-refractivity contribution in [3.05, 3.63) is 36.5 Å². The standard InChI is InChI=1S/C21H35NO/c1-2-3-4-5-6-7-8-9-10-11-12-13-14-15-18-21(23)22-19-16-17-20-22/h3-4,6-7,9-10H,2,5,8,11-20H2,1H3/b4-3-,7-6-,10-9-. The number of rotatable bonds is 12. The fraction of sp³-hybridized carbons (Fsp3) is 0.667. The smallest absolute Gasteiger partial charge is 0.222 e. The van der Waals surface area contributed by atoms with Crippen molar-refractivity contribution in [3.8, 4) is 0 Å². The first-order valence-corrected chi connectivity index (χ1v) is 9.57. The highest BCUT2D eigenvalue weighted by atomic mass is 16.2. The van der Waals surface area contributed by atoms with Gasteiger partial charge in [-0.1, -0.05) is 56.2 Å². The molecule has 1 aliphatic rings. The van der Waals surface area contributed by atoms with Crippen molar-refractivity contribution in [2.24, 2.45) is 0 Å². The molecule has 0 bridgehead atoms. The van der Waals surface area contributed by atoms with Crippen molar-refractivity contribution >= 4 is 5.91 Å². The highest BCUT2D eigenvalue weighted by Gasteiger charge is 2.16. The van der Waals surface area contributed by atoms with Crippen LogP contribution in [-0.2, 0) is 4.79 Å². The molecule has 2 nitrogen and oxygen atoms in total. The first kappa shape index (κ1) is 19.7. The molecule has 0 aromatic rings. The molecule has 130 valence electrons. The van der Waals surface area contributed by atoms with E-state index in [0.29, 0.717) is 5.91 Å². The molecule has 0 unspecified atom stereocenters. The Balaban J connectivity index is 1.86. The van der Waals surface area contributed by atoms with Crippen molar-refractivity contribution < 1.29 is 4.79 Å². The minimum Gasteiger partial charge on any atom is -0.343 e. The molecule has 1 heterocycles. The van der Waals surface area contributed by atoms with Crippen molar-refractivity contribution in [2.75, 3.05) is 13.1 Å². The summed E-state index contributed by atoms with van der Waals surface area (Å²) in [6.07, 6.45) is 25.7. The van der Waals surface area contributed by atoms with Crippen molar-refractivity contribution in [3.63, 3.8) is 0 Å². The summed E-state index contributed by atoms with van der Waals surface area (Å²) in [4.78, 5) is 13.9. The Morgan fingerprint density at radius 3 is 2.13 bits per heavy atom. The molecule has 1 rings (SSSR count). The van der Waals surface area contributed by atoms with Gasteiger partial charge >= 0.3 is 0 Å². The lowest BCUT2D eigenvalue weighted by atomic mass is 10.1. The van der Waals surface area contributed by atoms with E-state index in [1.54, 1.807) is 0 Å². The van der Waals surface area contributed by atoms with E-state index in [9.17, 15) is 4.79 Å². The maximum Gasteiger partial charge on any atom is 0.222 e. The summed E-state index contributed by atoms with van der Waals surface area (Å²) in [6, 6.07) is 0. The van der Waals surface area contributed by atoms with Crippen LogP contribution in [-0.4, -0.2) is 23.9 Å². The van der Waals surface area contributed by atoms with E-state index < -0.39 is 0 Å². The van der Waals surface area contributed by atoms with E-state index in [4.69, 9.17) is 0 Å². The number of allylic oxidation sites excluding steroid dienone is 6. The van der Waals surface area contributed by atoms with Crippen LogP contribution in [0.1, 0.15) is 77.6 Å². The van der Waals surface area contributed by atoms with E-state index in [0.717, 1.165) is 45.2 Å². The number of nitrogens with zero attached hydrogens (tertiary/aromatic N) is 1. The van der Waals surface area contributed by atoms with Gasteiger partial charge in [0.25, 0.3) is 0 Å². The zero-order valence-electron chi connectivity index (χ0n) is 15.0. The molecule has 0 atom stereocenters. The SMILES string of the molecule is CC/C=C\C/C=C\C/C=C\CCCCCCC(=O)N1CCCC1. The summed E-state index contributed by atoms with van der Waals surface area (Å²) >= 11 is 0. The molecular weight excluding hydrogens is 282 g/mol. The minimum atomic E-state index is 0.378. The van der Waals surface area contributed by atoms with Gasteiger partial charge in [0.2, 0.25) is 5.91 Å². The second-order valence-electron chi connectivity index (χ2n) is 6.33. The van der Waals surface area contributed by atoms with Crippen molar-refractivity contribution in [2.45, 2.75) is 77.6 Å². The third-order valence-electron chi connectivity index (χ3n) is 4.25. The molecule has 2 heteroatoms. The van der Waals surface area contributed by atoms with Crippen LogP contribution in [0.5, 0.6) is 0 Å². The van der Waals surface area contributed by atoms with E-state index in [1.807, 2.05) is 4.90 Å². The van der Waals surface area contributed by atoms with Crippen LogP contribution < -0.4 is 0 Å². The zero-order chi connectivity index (χ0) is 16.6. The highest BCUT2D eigenvalue weighted by molar-refractivity contribution is 5.76. The van der Waals surface area contributed by atoms with Crippen LogP contribution in [0, 0.1) is 0 Å². The van der Waals surface area contributed by atoms with E-state index >= 15 is 0 Å². The van der Waals surface area contributed by atoms with Crippen LogP contribution >= 0.6 is 0 Å². The van der Waals surface area contributed by atoms with Gasteiger partial charge in [-0.3, -0.25) is 4.79 Å². The first-order valence-electron chi connectivity index (χ1n) is 9.57. The van der Waals surface area contributed by atoms with E-state index in [-0.39, 0.29) is 0 Å². The van der Waals surface area contributed by atoms with Crippen LogP contribution in [0.3, 0.4) is 0 Å². The Kier molecular flexibility index (Phi) is 12.3. The zero-order valence-corrected chi connectivity index (χ0v) is 15.0. The largest absolute Gasteiger partial charge is 0.343 e. The molecule has 0 aromatic carbocycles. The van der Waals surface area contributed by atoms with Crippen LogP contribution in [0.2, 0.25) is 0 Å². The summed E-state index contributed by atoms with van der Waals surface area (Å²) in [5.74, 6) is 0.378. The molecule has 0 saturated carbocycles. The summed E-state index contributed by atoms with van der Waals surface area (Å²) in [5.41, 5.74) is 0. The molecule has 0 N–H and O–H groups in total. The number of hydrogen-bond donors (Lipinski definition) is 0. The Labute approximate surface area is 143 Å². The number of carbonyl (C=O) groups is 1. The third kappa shape index (κ3) is 11.0. The molecule has 1 aliphatic heterocycles. The van der Waals surface area contributed by atoms with Gasteiger partial charge in [0.05, 0.1) is 0 Å². The molecule has 1 saturated heterocycles. The van der Waals surface area contributed by atoms with E-state index in [2.05, 4.69) is 43.4 Å². The maximum atomic E-state index is 11.9. The third-order valence-corrected chi connectivity index (χ3v) is 4.25. The number of likely N-dealkylation sites (tertiary alicyclic amines) is 1. The summed E-state index contributed by atoms with van der Waals surface area (Å²) in [5, 5.41) is 0. The Bertz CT molecular complexity index is 375. The van der Waals surface area contributed by atoms with Crippen LogP contribution in [0.15, 0.2) is 36.5 Å². The Morgan fingerprint density at radius 1 is 0.826 bits per heavy atom. The lowest BCUT2D eigenvalue weighted by Gasteiger charge is -2.14. The number of carbonyl (C=O) groups excluding carboxylic acids is 1. The molecule has 1 amide bonds. The van der Waals surface area contributed by atoms with Gasteiger partial charge in [0.15, 0.2) is 0 Å². The van der Waals surface area contributed by atoms with Gasteiger partial charge in [-0.15, -0.1) is 0 Å². The number of hydrogen-bond acceptors (Lipinski definition) is 1. The van der Waals surface area contributed by atoms with Crippen LogP contribution in [0.25, 0.3) is 0 Å². The fourth-order valence-electron chi connectivity index (χ4n) is 2.84. The van der Waals surface area contributed by atoms with Gasteiger partial charge in [0, 0.05) is 19.5 Å². The van der Waals surface area contributed by atoms with E-state index in [1.165, 1.54) is 38.5 Å². The molecular formula is C21H35NO. The van der Waals surface area contributed by atoms with Gasteiger partial charge in [-0.05, 0) is 51.4 Å². The summed E-state index contributed by atoms with van der Waals surface area (Å²) in [6.45, 7) is 4.15. The predicted molar refractivity (Wildman–Crippen MR) is 100 cm³/mol. The van der Waals surface area contributed by atoms with Gasteiger partial charge in [-0.2, -0.15) is 0 Å². The maximum absolute atomic E-state index is 11.9. The fourth-order valence-corrected chi connectivity index (χ4v) is 2.84. The Hall–Kier alpha value is -1.31. The van der Waals surface area contributed by atoms with Gasteiger partial charge in [0.1, 0.15) is 0 Å². The van der Waals surface area contributed by atoms with Gasteiger partial charge < -0.3 is 4.90 Å². The van der Waals surface area contributed by atoms with Crippen LogP contribution in [0.4, 0.5) is 0 Å². The summed E-state index contributed by atoms with van der Waals surface area (Å²) in [7, 11) is 0. The summed E-state index contributed by atoms with van der Waals surface area (Å²) < 4.78 is 0. The highest BCUT2D eigenvalue weighted by Crippen LogP contribution is 2.12. The molecule has 23 heavy (non-hydrogen) atoms. The lowest BCUT2D eigenvalue weighted by Crippen LogP contribution is -2.27. The Morgan fingerprint density at radius 2 is 1.43 bits per heavy atom. The molecule has 0 aromatic heterocycles. The van der Waals surface area contributed by atoms with Crippen molar-refractivity contribution in [1.29, 1.82) is 0 Å². The molecule has 0 spiro atoms. The topological polar surface area (TPSA) is 20.3 Å². The second kappa shape index (κ2) is 14.3. The normalized spacial score (nSPS) is 15.6.